The Morgan fingerprint density at radius 2 is 2.05 bits per heavy atom. The second-order valence-corrected chi connectivity index (χ2v) is 5.18. The van der Waals surface area contributed by atoms with E-state index in [0.717, 1.165) is 9.26 Å². The van der Waals surface area contributed by atoms with Crippen molar-refractivity contribution in [2.45, 2.75) is 6.92 Å². The monoisotopic (exact) mass is 372 g/mol. The molecule has 19 heavy (non-hydrogen) atoms. The van der Waals surface area contributed by atoms with Crippen molar-refractivity contribution >= 4 is 39.7 Å². The van der Waals surface area contributed by atoms with Gasteiger partial charge in [0.2, 0.25) is 0 Å². The molecular weight excluding hydrogens is 358 g/mol. The van der Waals surface area contributed by atoms with E-state index in [9.17, 15) is 4.39 Å². The SMILES string of the molecule is CCOc1ccc(Nc2ccc(I)cc2N)cc1F. The van der Waals surface area contributed by atoms with Crippen LogP contribution in [-0.2, 0) is 0 Å². The molecule has 2 rings (SSSR count). The Morgan fingerprint density at radius 3 is 2.68 bits per heavy atom. The van der Waals surface area contributed by atoms with Gasteiger partial charge in [0.15, 0.2) is 11.6 Å². The molecule has 0 aliphatic heterocycles. The first kappa shape index (κ1) is 13.9. The lowest BCUT2D eigenvalue weighted by molar-refractivity contribution is 0.321. The van der Waals surface area contributed by atoms with Crippen molar-refractivity contribution in [2.24, 2.45) is 0 Å². The van der Waals surface area contributed by atoms with E-state index in [1.807, 2.05) is 25.1 Å². The summed E-state index contributed by atoms with van der Waals surface area (Å²) in [5.74, 6) is -0.139. The Kier molecular flexibility index (Phi) is 4.47. The summed E-state index contributed by atoms with van der Waals surface area (Å²) in [4.78, 5) is 0. The predicted molar refractivity (Wildman–Crippen MR) is 84.4 cm³/mol. The van der Waals surface area contributed by atoms with Crippen molar-refractivity contribution in [3.63, 3.8) is 0 Å². The molecule has 0 aromatic heterocycles. The molecule has 2 aromatic rings. The summed E-state index contributed by atoms with van der Waals surface area (Å²) in [6.07, 6.45) is 0. The van der Waals surface area contributed by atoms with Crippen LogP contribution in [0.5, 0.6) is 5.75 Å². The number of anilines is 3. The predicted octanol–water partition coefficient (Wildman–Crippen LogP) is 4.15. The van der Waals surface area contributed by atoms with Gasteiger partial charge in [-0.05, 0) is 59.8 Å². The summed E-state index contributed by atoms with van der Waals surface area (Å²) < 4.78 is 19.9. The Morgan fingerprint density at radius 1 is 1.26 bits per heavy atom. The molecule has 0 bridgehead atoms. The lowest BCUT2D eigenvalue weighted by atomic mass is 10.2. The Balaban J connectivity index is 2.21. The number of halogens is 2. The minimum Gasteiger partial charge on any atom is -0.491 e. The third-order valence-corrected chi connectivity index (χ3v) is 3.20. The zero-order valence-electron chi connectivity index (χ0n) is 10.4. The Labute approximate surface area is 125 Å². The molecular formula is C14H14FIN2O. The maximum atomic E-state index is 13.7. The van der Waals surface area contributed by atoms with Gasteiger partial charge in [-0.25, -0.2) is 4.39 Å². The van der Waals surface area contributed by atoms with Crippen LogP contribution < -0.4 is 15.8 Å². The molecule has 0 saturated heterocycles. The fraction of sp³-hybridized carbons (Fsp3) is 0.143. The van der Waals surface area contributed by atoms with Gasteiger partial charge in [0.25, 0.3) is 0 Å². The summed E-state index contributed by atoms with van der Waals surface area (Å²) in [5.41, 5.74) is 7.91. The van der Waals surface area contributed by atoms with Gasteiger partial charge in [-0.1, -0.05) is 0 Å². The lowest BCUT2D eigenvalue weighted by Crippen LogP contribution is -1.99. The van der Waals surface area contributed by atoms with E-state index < -0.39 is 5.82 Å². The highest BCUT2D eigenvalue weighted by Crippen LogP contribution is 2.27. The molecule has 0 spiro atoms. The van der Waals surface area contributed by atoms with Crippen LogP contribution in [0.15, 0.2) is 36.4 Å². The van der Waals surface area contributed by atoms with Crippen molar-refractivity contribution in [1.29, 1.82) is 0 Å². The maximum absolute atomic E-state index is 13.7. The van der Waals surface area contributed by atoms with Crippen LogP contribution in [0.3, 0.4) is 0 Å². The van der Waals surface area contributed by atoms with Crippen LogP contribution in [0.4, 0.5) is 21.5 Å². The molecule has 0 amide bonds. The lowest BCUT2D eigenvalue weighted by Gasteiger charge is -2.11. The number of nitrogen functional groups attached to an aromatic ring is 1. The second-order valence-electron chi connectivity index (χ2n) is 3.93. The van der Waals surface area contributed by atoms with Crippen LogP contribution in [0.1, 0.15) is 6.92 Å². The first-order chi connectivity index (χ1) is 9.10. The summed E-state index contributed by atoms with van der Waals surface area (Å²) in [5, 5.41) is 3.09. The molecule has 0 aliphatic carbocycles. The topological polar surface area (TPSA) is 47.3 Å². The molecule has 0 atom stereocenters. The van der Waals surface area contributed by atoms with E-state index in [1.165, 1.54) is 6.07 Å². The number of hydrogen-bond donors (Lipinski definition) is 2. The first-order valence-corrected chi connectivity index (χ1v) is 6.92. The van der Waals surface area contributed by atoms with Gasteiger partial charge in [-0.15, -0.1) is 0 Å². The molecule has 0 unspecified atom stereocenters. The number of benzene rings is 2. The van der Waals surface area contributed by atoms with Crippen molar-refractivity contribution in [2.75, 3.05) is 17.7 Å². The molecule has 0 radical (unpaired) electrons. The van der Waals surface area contributed by atoms with E-state index in [1.54, 1.807) is 12.1 Å². The Bertz CT molecular complexity index is 590. The molecule has 0 fully saturated rings. The van der Waals surface area contributed by atoms with Gasteiger partial charge in [0.05, 0.1) is 18.0 Å². The fourth-order valence-corrected chi connectivity index (χ4v) is 2.17. The molecule has 2 aromatic carbocycles. The highest BCUT2D eigenvalue weighted by molar-refractivity contribution is 14.1. The third-order valence-electron chi connectivity index (χ3n) is 2.52. The average molecular weight is 372 g/mol. The molecule has 100 valence electrons. The summed E-state index contributed by atoms with van der Waals surface area (Å²) in [7, 11) is 0. The molecule has 0 heterocycles. The third kappa shape index (κ3) is 3.50. The molecule has 0 aliphatic rings. The molecule has 0 saturated carbocycles. The van der Waals surface area contributed by atoms with Gasteiger partial charge < -0.3 is 15.8 Å². The second kappa shape index (κ2) is 6.10. The minimum atomic E-state index is -0.393. The molecule has 3 nitrogen and oxygen atoms in total. The van der Waals surface area contributed by atoms with Crippen LogP contribution in [0.25, 0.3) is 0 Å². The van der Waals surface area contributed by atoms with Gasteiger partial charge in [0, 0.05) is 15.3 Å². The Hall–Kier alpha value is -1.50. The van der Waals surface area contributed by atoms with Crippen molar-refractivity contribution in [3.8, 4) is 5.75 Å². The van der Waals surface area contributed by atoms with E-state index in [4.69, 9.17) is 10.5 Å². The van der Waals surface area contributed by atoms with Gasteiger partial charge in [-0.3, -0.25) is 0 Å². The van der Waals surface area contributed by atoms with Gasteiger partial charge in [-0.2, -0.15) is 0 Å². The smallest absolute Gasteiger partial charge is 0.167 e. The number of rotatable bonds is 4. The van der Waals surface area contributed by atoms with Crippen molar-refractivity contribution in [1.82, 2.24) is 0 Å². The van der Waals surface area contributed by atoms with Crippen LogP contribution >= 0.6 is 22.6 Å². The average Bonchev–Trinajstić information content (AvgIpc) is 2.36. The molecule has 3 N–H and O–H groups in total. The number of hydrogen-bond acceptors (Lipinski definition) is 3. The van der Waals surface area contributed by atoms with Gasteiger partial charge >= 0.3 is 0 Å². The summed E-state index contributed by atoms with van der Waals surface area (Å²) in [6.45, 7) is 2.26. The summed E-state index contributed by atoms with van der Waals surface area (Å²) >= 11 is 2.19. The number of nitrogens with one attached hydrogen (secondary N) is 1. The standard InChI is InChI=1S/C14H14FIN2O/c1-2-19-14-6-4-10(8-11(14)15)18-13-5-3-9(16)7-12(13)17/h3-8,18H,2,17H2,1H3. The highest BCUT2D eigenvalue weighted by Gasteiger charge is 2.06. The van der Waals surface area contributed by atoms with E-state index in [-0.39, 0.29) is 5.75 Å². The largest absolute Gasteiger partial charge is 0.491 e. The minimum absolute atomic E-state index is 0.253. The quantitative estimate of drug-likeness (QED) is 0.626. The number of nitrogens with two attached hydrogens (primary N) is 1. The van der Waals surface area contributed by atoms with Crippen LogP contribution in [-0.4, -0.2) is 6.61 Å². The van der Waals surface area contributed by atoms with Crippen LogP contribution in [0.2, 0.25) is 0 Å². The van der Waals surface area contributed by atoms with Crippen molar-refractivity contribution in [3.05, 3.63) is 45.8 Å². The summed E-state index contributed by atoms with van der Waals surface area (Å²) in [6, 6.07) is 10.4. The highest BCUT2D eigenvalue weighted by atomic mass is 127. The maximum Gasteiger partial charge on any atom is 0.167 e. The molecule has 5 heteroatoms. The zero-order valence-corrected chi connectivity index (χ0v) is 12.6. The van der Waals surface area contributed by atoms with Crippen LogP contribution in [0, 0.1) is 9.39 Å². The van der Waals surface area contributed by atoms with E-state index in [2.05, 4.69) is 27.9 Å². The normalized spacial score (nSPS) is 10.3. The van der Waals surface area contributed by atoms with E-state index in [0.29, 0.717) is 18.0 Å². The fourth-order valence-electron chi connectivity index (χ4n) is 1.65. The van der Waals surface area contributed by atoms with Gasteiger partial charge in [0.1, 0.15) is 0 Å². The van der Waals surface area contributed by atoms with E-state index >= 15 is 0 Å². The van der Waals surface area contributed by atoms with Crippen molar-refractivity contribution < 1.29 is 9.13 Å². The first-order valence-electron chi connectivity index (χ1n) is 5.84. The number of ether oxygens (including phenoxy) is 1. The zero-order chi connectivity index (χ0) is 13.8.